The van der Waals surface area contributed by atoms with E-state index in [1.54, 1.807) is 29.8 Å². The third-order valence-corrected chi connectivity index (χ3v) is 4.02. The summed E-state index contributed by atoms with van der Waals surface area (Å²) in [6, 6.07) is 17.1. The molecule has 0 fully saturated rings. The van der Waals surface area contributed by atoms with Crippen molar-refractivity contribution in [3.8, 4) is 17.2 Å². The molecular formula is C18H13ClN2O. The molecule has 2 aromatic carbocycles. The summed E-state index contributed by atoms with van der Waals surface area (Å²) < 4.78 is 1.56. The summed E-state index contributed by atoms with van der Waals surface area (Å²) in [4.78, 5) is 12.5. The van der Waals surface area contributed by atoms with Gasteiger partial charge in [0.1, 0.15) is 0 Å². The van der Waals surface area contributed by atoms with Crippen molar-refractivity contribution in [2.75, 3.05) is 0 Å². The topological polar surface area (TPSA) is 45.8 Å². The Bertz CT molecular complexity index is 953. The van der Waals surface area contributed by atoms with E-state index in [2.05, 4.69) is 6.07 Å². The van der Waals surface area contributed by atoms with Crippen LogP contribution in [0.15, 0.2) is 53.3 Å². The average molecular weight is 309 g/mol. The average Bonchev–Trinajstić information content (AvgIpc) is 2.53. The van der Waals surface area contributed by atoms with Crippen LogP contribution in [0.3, 0.4) is 0 Å². The molecule has 4 heteroatoms. The normalized spacial score (nSPS) is 10.6. The maximum absolute atomic E-state index is 12.5. The fraction of sp³-hybridized carbons (Fsp3) is 0.111. The van der Waals surface area contributed by atoms with Gasteiger partial charge in [0, 0.05) is 28.7 Å². The molecule has 0 atom stereocenters. The molecule has 0 unspecified atom stereocenters. The third-order valence-electron chi connectivity index (χ3n) is 3.79. The SMILES string of the molecule is Cn1c(CC#N)c(-c2ccccc2)c2cc(Cl)ccc2c1=O. The molecule has 0 aliphatic rings. The minimum atomic E-state index is -0.114. The van der Waals surface area contributed by atoms with Crippen LogP contribution in [0.2, 0.25) is 5.02 Å². The Labute approximate surface area is 133 Å². The van der Waals surface area contributed by atoms with Crippen LogP contribution >= 0.6 is 11.6 Å². The van der Waals surface area contributed by atoms with E-state index < -0.39 is 0 Å². The van der Waals surface area contributed by atoms with E-state index in [4.69, 9.17) is 16.9 Å². The first kappa shape index (κ1) is 14.4. The van der Waals surface area contributed by atoms with E-state index in [0.717, 1.165) is 16.5 Å². The van der Waals surface area contributed by atoms with Crippen LogP contribution in [-0.4, -0.2) is 4.57 Å². The Balaban J connectivity index is 2.53. The number of nitriles is 1. The number of pyridine rings is 1. The predicted molar refractivity (Wildman–Crippen MR) is 89.0 cm³/mol. The zero-order chi connectivity index (χ0) is 15.7. The molecule has 0 saturated heterocycles. The molecule has 3 rings (SSSR count). The Morgan fingerprint density at radius 2 is 1.86 bits per heavy atom. The Morgan fingerprint density at radius 3 is 2.55 bits per heavy atom. The van der Waals surface area contributed by atoms with Gasteiger partial charge in [-0.3, -0.25) is 4.79 Å². The van der Waals surface area contributed by atoms with Gasteiger partial charge in [0.2, 0.25) is 0 Å². The maximum Gasteiger partial charge on any atom is 0.258 e. The summed E-state index contributed by atoms with van der Waals surface area (Å²) >= 11 is 6.13. The molecule has 1 aromatic heterocycles. The number of fused-ring (bicyclic) bond motifs is 1. The van der Waals surface area contributed by atoms with Crippen LogP contribution in [0.5, 0.6) is 0 Å². The molecule has 22 heavy (non-hydrogen) atoms. The zero-order valence-electron chi connectivity index (χ0n) is 12.0. The van der Waals surface area contributed by atoms with Crippen molar-refractivity contribution in [3.05, 3.63) is 69.6 Å². The van der Waals surface area contributed by atoms with Gasteiger partial charge in [-0.1, -0.05) is 41.9 Å². The Morgan fingerprint density at radius 1 is 1.14 bits per heavy atom. The lowest BCUT2D eigenvalue weighted by molar-refractivity contribution is 0.814. The summed E-state index contributed by atoms with van der Waals surface area (Å²) in [7, 11) is 1.70. The van der Waals surface area contributed by atoms with Crippen molar-refractivity contribution in [1.82, 2.24) is 4.57 Å². The van der Waals surface area contributed by atoms with Gasteiger partial charge < -0.3 is 4.57 Å². The lowest BCUT2D eigenvalue weighted by Crippen LogP contribution is -2.21. The third kappa shape index (κ3) is 2.28. The van der Waals surface area contributed by atoms with Gasteiger partial charge in [-0.15, -0.1) is 0 Å². The van der Waals surface area contributed by atoms with E-state index in [1.165, 1.54) is 0 Å². The number of aromatic nitrogens is 1. The zero-order valence-corrected chi connectivity index (χ0v) is 12.8. The van der Waals surface area contributed by atoms with Crippen molar-refractivity contribution in [3.63, 3.8) is 0 Å². The summed E-state index contributed by atoms with van der Waals surface area (Å²) in [5.74, 6) is 0. The highest BCUT2D eigenvalue weighted by atomic mass is 35.5. The minimum Gasteiger partial charge on any atom is -0.313 e. The smallest absolute Gasteiger partial charge is 0.258 e. The quantitative estimate of drug-likeness (QED) is 0.720. The van der Waals surface area contributed by atoms with E-state index in [-0.39, 0.29) is 12.0 Å². The highest BCUT2D eigenvalue weighted by Crippen LogP contribution is 2.32. The number of halogens is 1. The van der Waals surface area contributed by atoms with Crippen LogP contribution in [0.25, 0.3) is 21.9 Å². The molecule has 3 aromatic rings. The van der Waals surface area contributed by atoms with Crippen LogP contribution in [0.1, 0.15) is 5.69 Å². The summed E-state index contributed by atoms with van der Waals surface area (Å²) in [6.07, 6.45) is 0.165. The molecule has 0 saturated carbocycles. The summed E-state index contributed by atoms with van der Waals surface area (Å²) in [6.45, 7) is 0. The number of nitrogens with zero attached hydrogens (tertiary/aromatic N) is 2. The molecule has 0 radical (unpaired) electrons. The predicted octanol–water partition coefficient (Wildman–Crippen LogP) is 3.92. The standard InChI is InChI=1S/C18H13ClN2O/c1-21-16(9-10-20)17(12-5-3-2-4-6-12)15-11-13(19)7-8-14(15)18(21)22/h2-8,11H,9H2,1H3. The molecule has 0 aliphatic carbocycles. The molecule has 0 amide bonds. The molecule has 108 valence electrons. The van der Waals surface area contributed by atoms with Crippen LogP contribution in [-0.2, 0) is 13.5 Å². The van der Waals surface area contributed by atoms with Gasteiger partial charge in [0.25, 0.3) is 5.56 Å². The summed E-state index contributed by atoms with van der Waals surface area (Å²) in [5.41, 5.74) is 2.45. The minimum absolute atomic E-state index is 0.114. The van der Waals surface area contributed by atoms with Crippen LogP contribution in [0, 0.1) is 11.3 Å². The highest BCUT2D eigenvalue weighted by Gasteiger charge is 2.16. The van der Waals surface area contributed by atoms with Crippen molar-refractivity contribution < 1.29 is 0 Å². The first-order valence-corrected chi connectivity index (χ1v) is 7.24. The monoisotopic (exact) mass is 308 g/mol. The van der Waals surface area contributed by atoms with E-state index in [0.29, 0.717) is 16.1 Å². The second-order valence-electron chi connectivity index (χ2n) is 5.08. The van der Waals surface area contributed by atoms with E-state index >= 15 is 0 Å². The lowest BCUT2D eigenvalue weighted by atomic mass is 9.96. The Hall–Kier alpha value is -2.57. The van der Waals surface area contributed by atoms with Gasteiger partial charge in [-0.2, -0.15) is 5.26 Å². The van der Waals surface area contributed by atoms with Gasteiger partial charge in [-0.25, -0.2) is 0 Å². The molecule has 0 spiro atoms. The van der Waals surface area contributed by atoms with E-state index in [9.17, 15) is 4.79 Å². The lowest BCUT2D eigenvalue weighted by Gasteiger charge is -2.16. The first-order chi connectivity index (χ1) is 10.6. The second-order valence-corrected chi connectivity index (χ2v) is 5.51. The number of benzene rings is 2. The first-order valence-electron chi connectivity index (χ1n) is 6.87. The van der Waals surface area contributed by atoms with Crippen molar-refractivity contribution in [2.24, 2.45) is 7.05 Å². The largest absolute Gasteiger partial charge is 0.313 e. The fourth-order valence-electron chi connectivity index (χ4n) is 2.75. The number of hydrogen-bond donors (Lipinski definition) is 0. The Kier molecular flexibility index (Phi) is 3.70. The van der Waals surface area contributed by atoms with E-state index in [1.807, 2.05) is 30.3 Å². The molecule has 0 aliphatic heterocycles. The number of rotatable bonds is 2. The van der Waals surface area contributed by atoms with Crippen molar-refractivity contribution in [2.45, 2.75) is 6.42 Å². The second kappa shape index (κ2) is 5.67. The highest BCUT2D eigenvalue weighted by molar-refractivity contribution is 6.31. The van der Waals surface area contributed by atoms with Gasteiger partial charge in [0.05, 0.1) is 12.5 Å². The number of hydrogen-bond acceptors (Lipinski definition) is 2. The molecule has 0 N–H and O–H groups in total. The summed E-state index contributed by atoms with van der Waals surface area (Å²) in [5, 5.41) is 11.1. The van der Waals surface area contributed by atoms with Gasteiger partial charge in [-0.05, 0) is 29.1 Å². The van der Waals surface area contributed by atoms with Crippen molar-refractivity contribution in [1.29, 1.82) is 5.26 Å². The molecule has 1 heterocycles. The van der Waals surface area contributed by atoms with Crippen molar-refractivity contribution >= 4 is 22.4 Å². The van der Waals surface area contributed by atoms with Gasteiger partial charge >= 0.3 is 0 Å². The molecular weight excluding hydrogens is 296 g/mol. The van der Waals surface area contributed by atoms with Gasteiger partial charge in [0.15, 0.2) is 0 Å². The molecule has 3 nitrogen and oxygen atoms in total. The van der Waals surface area contributed by atoms with Crippen LogP contribution < -0.4 is 5.56 Å². The molecule has 0 bridgehead atoms. The maximum atomic E-state index is 12.5. The fourth-order valence-corrected chi connectivity index (χ4v) is 2.92. The van der Waals surface area contributed by atoms with Crippen LogP contribution in [0.4, 0.5) is 0 Å².